The van der Waals surface area contributed by atoms with Crippen LogP contribution in [-0.2, 0) is 11.3 Å². The third-order valence-electron chi connectivity index (χ3n) is 3.86. The molecule has 0 aliphatic heterocycles. The fraction of sp³-hybridized carbons (Fsp3) is 0.625. The Hall–Kier alpha value is -0.860. The topological polar surface area (TPSA) is 35.2 Å². The Morgan fingerprint density at radius 2 is 1.83 bits per heavy atom. The van der Waals surface area contributed by atoms with Crippen LogP contribution in [-0.4, -0.2) is 12.1 Å². The first-order valence-electron chi connectivity index (χ1n) is 7.13. The highest BCUT2D eigenvalue weighted by Gasteiger charge is 2.22. The molecule has 2 N–H and O–H groups in total. The molecule has 2 unspecified atom stereocenters. The Morgan fingerprint density at radius 3 is 2.44 bits per heavy atom. The highest BCUT2D eigenvalue weighted by atomic mass is 16.5. The monoisotopic (exact) mass is 247 g/mol. The summed E-state index contributed by atoms with van der Waals surface area (Å²) in [5.41, 5.74) is 8.71. The summed E-state index contributed by atoms with van der Waals surface area (Å²) in [6.07, 6.45) is 4.99. The summed E-state index contributed by atoms with van der Waals surface area (Å²) < 4.78 is 5.96. The van der Waals surface area contributed by atoms with Crippen LogP contribution < -0.4 is 5.73 Å². The molecule has 2 heteroatoms. The van der Waals surface area contributed by atoms with Crippen molar-refractivity contribution in [3.05, 3.63) is 35.4 Å². The maximum atomic E-state index is 6.08. The van der Waals surface area contributed by atoms with Gasteiger partial charge in [-0.1, -0.05) is 51.0 Å². The van der Waals surface area contributed by atoms with Crippen molar-refractivity contribution >= 4 is 0 Å². The second-order valence-electron chi connectivity index (χ2n) is 5.69. The van der Waals surface area contributed by atoms with Gasteiger partial charge >= 0.3 is 0 Å². The molecule has 1 aliphatic carbocycles. The van der Waals surface area contributed by atoms with E-state index in [2.05, 4.69) is 38.1 Å². The van der Waals surface area contributed by atoms with Crippen molar-refractivity contribution in [1.82, 2.24) is 0 Å². The molecule has 0 bridgehead atoms. The van der Waals surface area contributed by atoms with Crippen molar-refractivity contribution in [1.29, 1.82) is 0 Å². The van der Waals surface area contributed by atoms with Crippen LogP contribution in [0.4, 0.5) is 0 Å². The molecule has 2 nitrogen and oxygen atoms in total. The van der Waals surface area contributed by atoms with Gasteiger partial charge in [-0.05, 0) is 29.9 Å². The summed E-state index contributed by atoms with van der Waals surface area (Å²) in [5.74, 6) is 0.590. The molecule has 1 aromatic carbocycles. The largest absolute Gasteiger partial charge is 0.372 e. The van der Waals surface area contributed by atoms with E-state index in [1.54, 1.807) is 0 Å². The van der Waals surface area contributed by atoms with Gasteiger partial charge in [-0.15, -0.1) is 0 Å². The first kappa shape index (κ1) is 13.6. The minimum absolute atomic E-state index is 0.230. The SMILES string of the molecule is CC(C)c1ccc(COC2CCCCC2N)cc1. The van der Waals surface area contributed by atoms with E-state index < -0.39 is 0 Å². The zero-order chi connectivity index (χ0) is 13.0. The number of nitrogens with two attached hydrogens (primary N) is 1. The molecule has 0 aromatic heterocycles. The van der Waals surface area contributed by atoms with Gasteiger partial charge in [-0.3, -0.25) is 0 Å². The van der Waals surface area contributed by atoms with Gasteiger partial charge in [0.15, 0.2) is 0 Å². The lowest BCUT2D eigenvalue weighted by atomic mass is 9.93. The molecular weight excluding hydrogens is 222 g/mol. The van der Waals surface area contributed by atoms with Gasteiger partial charge < -0.3 is 10.5 Å². The summed E-state index contributed by atoms with van der Waals surface area (Å²) >= 11 is 0. The number of hydrogen-bond acceptors (Lipinski definition) is 2. The molecule has 0 radical (unpaired) electrons. The fourth-order valence-corrected chi connectivity index (χ4v) is 2.53. The molecule has 0 heterocycles. The normalized spacial score (nSPS) is 24.4. The maximum absolute atomic E-state index is 6.08. The highest BCUT2D eigenvalue weighted by molar-refractivity contribution is 5.24. The van der Waals surface area contributed by atoms with Crippen LogP contribution in [0, 0.1) is 0 Å². The molecule has 100 valence electrons. The lowest BCUT2D eigenvalue weighted by Gasteiger charge is -2.28. The van der Waals surface area contributed by atoms with Crippen molar-refractivity contribution in [3.8, 4) is 0 Å². The lowest BCUT2D eigenvalue weighted by Crippen LogP contribution is -2.39. The van der Waals surface area contributed by atoms with E-state index in [9.17, 15) is 0 Å². The molecule has 0 spiro atoms. The molecule has 2 atom stereocenters. The van der Waals surface area contributed by atoms with E-state index in [4.69, 9.17) is 10.5 Å². The van der Waals surface area contributed by atoms with E-state index in [0.29, 0.717) is 12.5 Å². The highest BCUT2D eigenvalue weighted by Crippen LogP contribution is 2.21. The van der Waals surface area contributed by atoms with Crippen molar-refractivity contribution in [3.63, 3.8) is 0 Å². The number of hydrogen-bond donors (Lipinski definition) is 1. The van der Waals surface area contributed by atoms with Gasteiger partial charge in [0.2, 0.25) is 0 Å². The Labute approximate surface area is 111 Å². The molecule has 0 saturated heterocycles. The Bertz CT molecular complexity index is 358. The predicted molar refractivity (Wildman–Crippen MR) is 75.6 cm³/mol. The van der Waals surface area contributed by atoms with Crippen molar-refractivity contribution in [2.45, 2.75) is 64.2 Å². The van der Waals surface area contributed by atoms with Crippen molar-refractivity contribution in [2.75, 3.05) is 0 Å². The molecule has 1 saturated carbocycles. The first-order chi connectivity index (χ1) is 8.66. The van der Waals surface area contributed by atoms with Crippen LogP contribution in [0.2, 0.25) is 0 Å². The minimum Gasteiger partial charge on any atom is -0.372 e. The zero-order valence-corrected chi connectivity index (χ0v) is 11.6. The standard InChI is InChI=1S/C16H25NO/c1-12(2)14-9-7-13(8-10-14)11-18-16-6-4-3-5-15(16)17/h7-10,12,15-16H,3-6,11,17H2,1-2H3. The van der Waals surface area contributed by atoms with E-state index in [0.717, 1.165) is 12.8 Å². The quantitative estimate of drug-likeness (QED) is 0.882. The maximum Gasteiger partial charge on any atom is 0.0730 e. The third-order valence-corrected chi connectivity index (χ3v) is 3.86. The number of ether oxygens (including phenoxy) is 1. The van der Waals surface area contributed by atoms with Crippen LogP contribution in [0.15, 0.2) is 24.3 Å². The van der Waals surface area contributed by atoms with Crippen LogP contribution >= 0.6 is 0 Å². The predicted octanol–water partition coefficient (Wildman–Crippen LogP) is 3.60. The van der Waals surface area contributed by atoms with E-state index in [-0.39, 0.29) is 12.1 Å². The molecule has 1 aromatic rings. The third kappa shape index (κ3) is 3.56. The van der Waals surface area contributed by atoms with Gasteiger partial charge in [0.25, 0.3) is 0 Å². The first-order valence-corrected chi connectivity index (χ1v) is 7.13. The van der Waals surface area contributed by atoms with E-state index >= 15 is 0 Å². The molecule has 18 heavy (non-hydrogen) atoms. The Kier molecular flexibility index (Phi) is 4.79. The van der Waals surface area contributed by atoms with Gasteiger partial charge in [0, 0.05) is 6.04 Å². The molecule has 2 rings (SSSR count). The van der Waals surface area contributed by atoms with Gasteiger partial charge in [0.05, 0.1) is 12.7 Å². The van der Waals surface area contributed by atoms with Crippen molar-refractivity contribution < 1.29 is 4.74 Å². The van der Waals surface area contributed by atoms with Crippen LogP contribution in [0.3, 0.4) is 0 Å². The Morgan fingerprint density at radius 1 is 1.17 bits per heavy atom. The Balaban J connectivity index is 1.85. The van der Waals surface area contributed by atoms with E-state index in [1.807, 2.05) is 0 Å². The summed E-state index contributed by atoms with van der Waals surface area (Å²) in [4.78, 5) is 0. The van der Waals surface area contributed by atoms with Crippen LogP contribution in [0.1, 0.15) is 56.6 Å². The zero-order valence-electron chi connectivity index (χ0n) is 11.6. The number of benzene rings is 1. The fourth-order valence-electron chi connectivity index (χ4n) is 2.53. The smallest absolute Gasteiger partial charge is 0.0730 e. The molecule has 1 aliphatic rings. The second kappa shape index (κ2) is 6.35. The van der Waals surface area contributed by atoms with Crippen molar-refractivity contribution in [2.24, 2.45) is 5.73 Å². The molecule has 1 fully saturated rings. The van der Waals surface area contributed by atoms with Gasteiger partial charge in [0.1, 0.15) is 0 Å². The van der Waals surface area contributed by atoms with E-state index in [1.165, 1.54) is 24.0 Å². The molecule has 0 amide bonds. The summed E-state index contributed by atoms with van der Waals surface area (Å²) in [6, 6.07) is 8.97. The lowest BCUT2D eigenvalue weighted by molar-refractivity contribution is 0.00404. The average molecular weight is 247 g/mol. The summed E-state index contributed by atoms with van der Waals surface area (Å²) in [5, 5.41) is 0. The second-order valence-corrected chi connectivity index (χ2v) is 5.69. The summed E-state index contributed by atoms with van der Waals surface area (Å²) in [6.45, 7) is 5.12. The average Bonchev–Trinajstić information content (AvgIpc) is 2.38. The minimum atomic E-state index is 0.230. The van der Waals surface area contributed by atoms with Crippen LogP contribution in [0.5, 0.6) is 0 Å². The summed E-state index contributed by atoms with van der Waals surface area (Å²) in [7, 11) is 0. The van der Waals surface area contributed by atoms with Gasteiger partial charge in [-0.25, -0.2) is 0 Å². The van der Waals surface area contributed by atoms with Crippen LogP contribution in [0.25, 0.3) is 0 Å². The number of rotatable bonds is 4. The van der Waals surface area contributed by atoms with Gasteiger partial charge in [-0.2, -0.15) is 0 Å². The molecular formula is C16H25NO.